The summed E-state index contributed by atoms with van der Waals surface area (Å²) in [4.78, 5) is 9.27. The number of nitrogens with zero attached hydrogens (tertiary/aromatic N) is 3. The highest BCUT2D eigenvalue weighted by atomic mass is 32.2. The molecule has 0 bridgehead atoms. The fourth-order valence-electron chi connectivity index (χ4n) is 3.48. The molecule has 1 aliphatic rings. The molecular formula is C27H45FN6S. The Kier molecular flexibility index (Phi) is 14.9. The van der Waals surface area contributed by atoms with Gasteiger partial charge in [-0.3, -0.25) is 4.98 Å². The first kappa shape index (κ1) is 30.6. The van der Waals surface area contributed by atoms with E-state index in [2.05, 4.69) is 56.6 Å². The number of nitrogens with one attached hydrogen (secondary N) is 3. The SMILES string of the molecule is C=C(C)/C(N/C=C(\NC)c1cncc(N2CCN(CC)CC2)c1)=C(F)\C(=C/C)NSCCC.CC. The minimum Gasteiger partial charge on any atom is -0.386 e. The van der Waals surface area contributed by atoms with Crippen LogP contribution < -0.4 is 20.3 Å². The lowest BCUT2D eigenvalue weighted by Crippen LogP contribution is -2.46. The lowest BCUT2D eigenvalue weighted by molar-refractivity contribution is 0.271. The van der Waals surface area contributed by atoms with Crippen molar-refractivity contribution < 1.29 is 4.39 Å². The summed E-state index contributed by atoms with van der Waals surface area (Å²) in [6, 6.07) is 2.12. The monoisotopic (exact) mass is 504 g/mol. The van der Waals surface area contributed by atoms with Crippen LogP contribution in [0.5, 0.6) is 0 Å². The van der Waals surface area contributed by atoms with Gasteiger partial charge in [0.15, 0.2) is 5.83 Å². The molecule has 0 spiro atoms. The Labute approximate surface area is 217 Å². The van der Waals surface area contributed by atoms with Gasteiger partial charge in [-0.2, -0.15) is 0 Å². The molecule has 0 aromatic carbocycles. The first-order valence-electron chi connectivity index (χ1n) is 12.6. The Hall–Kier alpha value is -2.45. The van der Waals surface area contributed by atoms with Crippen molar-refractivity contribution in [3.05, 3.63) is 65.7 Å². The van der Waals surface area contributed by atoms with Gasteiger partial charge >= 0.3 is 0 Å². The van der Waals surface area contributed by atoms with E-state index in [-0.39, 0.29) is 5.83 Å². The zero-order chi connectivity index (χ0) is 26.2. The van der Waals surface area contributed by atoms with Crippen molar-refractivity contribution in [1.29, 1.82) is 0 Å². The lowest BCUT2D eigenvalue weighted by atomic mass is 10.1. The molecule has 35 heavy (non-hydrogen) atoms. The number of hydrogen-bond acceptors (Lipinski definition) is 7. The summed E-state index contributed by atoms with van der Waals surface area (Å²) >= 11 is 1.49. The van der Waals surface area contributed by atoms with E-state index in [0.717, 1.165) is 61.8 Å². The molecule has 1 aliphatic heterocycles. The van der Waals surface area contributed by atoms with Gasteiger partial charge < -0.3 is 25.2 Å². The minimum atomic E-state index is -0.360. The normalized spacial score (nSPS) is 15.6. The molecule has 0 radical (unpaired) electrons. The van der Waals surface area contributed by atoms with E-state index >= 15 is 4.39 Å². The van der Waals surface area contributed by atoms with E-state index in [9.17, 15) is 0 Å². The van der Waals surface area contributed by atoms with Crippen molar-refractivity contribution in [2.24, 2.45) is 0 Å². The maximum absolute atomic E-state index is 15.3. The van der Waals surface area contributed by atoms with Crippen molar-refractivity contribution in [3.8, 4) is 0 Å². The largest absolute Gasteiger partial charge is 0.386 e. The van der Waals surface area contributed by atoms with E-state index in [0.29, 0.717) is 17.0 Å². The second kappa shape index (κ2) is 17.1. The maximum atomic E-state index is 15.3. The van der Waals surface area contributed by atoms with Crippen molar-refractivity contribution in [1.82, 2.24) is 25.2 Å². The van der Waals surface area contributed by atoms with Gasteiger partial charge in [0, 0.05) is 56.9 Å². The molecule has 1 aromatic rings. The topological polar surface area (TPSA) is 55.5 Å². The van der Waals surface area contributed by atoms with Gasteiger partial charge in [-0.25, -0.2) is 4.39 Å². The van der Waals surface area contributed by atoms with E-state index in [1.807, 2.05) is 40.2 Å². The smallest absolute Gasteiger partial charge is 0.170 e. The molecule has 1 aromatic heterocycles. The molecule has 2 rings (SSSR count). The van der Waals surface area contributed by atoms with Gasteiger partial charge in [-0.15, -0.1) is 0 Å². The molecule has 2 heterocycles. The molecule has 1 saturated heterocycles. The quantitative estimate of drug-likeness (QED) is 0.193. The first-order valence-corrected chi connectivity index (χ1v) is 13.6. The number of likely N-dealkylation sites (N-methyl/N-ethyl adjacent to an activating group) is 1. The molecule has 196 valence electrons. The number of rotatable bonds is 12. The van der Waals surface area contributed by atoms with Crippen LogP contribution in [0.1, 0.15) is 53.5 Å². The average Bonchev–Trinajstić information content (AvgIpc) is 2.90. The highest BCUT2D eigenvalue weighted by Gasteiger charge is 2.17. The van der Waals surface area contributed by atoms with Crippen LogP contribution in [0.15, 0.2) is 60.1 Å². The summed E-state index contributed by atoms with van der Waals surface area (Å²) in [6.45, 7) is 21.0. The van der Waals surface area contributed by atoms with Crippen molar-refractivity contribution >= 4 is 23.3 Å². The van der Waals surface area contributed by atoms with Crippen LogP contribution in [-0.2, 0) is 0 Å². The van der Waals surface area contributed by atoms with E-state index in [1.54, 1.807) is 19.2 Å². The van der Waals surface area contributed by atoms with Crippen LogP contribution in [0.3, 0.4) is 0 Å². The number of piperazine rings is 1. The summed E-state index contributed by atoms with van der Waals surface area (Å²) in [7, 11) is 1.85. The van der Waals surface area contributed by atoms with Crippen LogP contribution in [0.2, 0.25) is 0 Å². The average molecular weight is 505 g/mol. The Morgan fingerprint density at radius 3 is 2.43 bits per heavy atom. The van der Waals surface area contributed by atoms with E-state index in [1.165, 1.54) is 11.9 Å². The molecule has 1 fully saturated rings. The zero-order valence-electron chi connectivity index (χ0n) is 22.7. The third kappa shape index (κ3) is 9.61. The predicted molar refractivity (Wildman–Crippen MR) is 153 cm³/mol. The molecule has 0 atom stereocenters. The zero-order valence-corrected chi connectivity index (χ0v) is 23.5. The molecule has 3 N–H and O–H groups in total. The molecule has 0 unspecified atom stereocenters. The highest BCUT2D eigenvalue weighted by Crippen LogP contribution is 2.22. The number of anilines is 1. The Balaban J connectivity index is 0.00000298. The summed E-state index contributed by atoms with van der Waals surface area (Å²) < 4.78 is 18.4. The van der Waals surface area contributed by atoms with Crippen LogP contribution in [-0.4, -0.2) is 55.4 Å². The number of halogens is 1. The second-order valence-corrected chi connectivity index (χ2v) is 8.83. The summed E-state index contributed by atoms with van der Waals surface area (Å²) in [5.41, 5.74) is 4.25. The van der Waals surface area contributed by atoms with E-state index in [4.69, 9.17) is 0 Å². The molecule has 0 amide bonds. The Morgan fingerprint density at radius 2 is 1.89 bits per heavy atom. The predicted octanol–water partition coefficient (Wildman–Crippen LogP) is 5.67. The minimum absolute atomic E-state index is 0.347. The molecule has 0 aliphatic carbocycles. The maximum Gasteiger partial charge on any atom is 0.170 e. The summed E-state index contributed by atoms with van der Waals surface area (Å²) in [5, 5.41) is 6.33. The van der Waals surface area contributed by atoms with E-state index < -0.39 is 0 Å². The van der Waals surface area contributed by atoms with Crippen LogP contribution >= 0.6 is 11.9 Å². The van der Waals surface area contributed by atoms with Gasteiger partial charge in [-0.05, 0) is 38.5 Å². The highest BCUT2D eigenvalue weighted by molar-refractivity contribution is 7.97. The third-order valence-corrected chi connectivity index (χ3v) is 6.49. The number of pyridine rings is 1. The van der Waals surface area contributed by atoms with Gasteiger partial charge in [0.1, 0.15) is 0 Å². The Morgan fingerprint density at radius 1 is 1.20 bits per heavy atom. The number of allylic oxidation sites excluding steroid dienone is 3. The van der Waals surface area contributed by atoms with Gasteiger partial charge in [-0.1, -0.05) is 52.3 Å². The second-order valence-electron chi connectivity index (χ2n) is 7.93. The fourth-order valence-corrected chi connectivity index (χ4v) is 4.15. The molecule has 8 heteroatoms. The fraction of sp³-hybridized carbons (Fsp3) is 0.519. The molecule has 6 nitrogen and oxygen atoms in total. The summed E-state index contributed by atoms with van der Waals surface area (Å²) in [5.74, 6) is 0.544. The van der Waals surface area contributed by atoms with Gasteiger partial charge in [0.25, 0.3) is 0 Å². The van der Waals surface area contributed by atoms with Gasteiger partial charge in [0.2, 0.25) is 0 Å². The standard InChI is InChI=1S/C25H39FN6S.C2H6/c1-7-14-33-30-22(8-2)24(26)25(19(4)5)29-18-23(27-6)20-15-21(17-28-16-20)32-12-10-31(9-3)11-13-32;1-2/h8,15-18,27,29-30H,4,7,9-14H2,1-3,5-6H3;1-2H3/b22-8+,23-18-,25-24-;. The first-order chi connectivity index (χ1) is 16.9. The van der Waals surface area contributed by atoms with Crippen molar-refractivity contribution in [2.45, 2.75) is 48.0 Å². The third-order valence-electron chi connectivity index (χ3n) is 5.51. The number of aromatic nitrogens is 1. The Bertz CT molecular complexity index is 872. The molecule has 0 saturated carbocycles. The lowest BCUT2D eigenvalue weighted by Gasteiger charge is -2.35. The number of hydrogen-bond donors (Lipinski definition) is 3. The van der Waals surface area contributed by atoms with Crippen molar-refractivity contribution in [3.63, 3.8) is 0 Å². The summed E-state index contributed by atoms with van der Waals surface area (Å²) in [6.07, 6.45) is 8.24. The van der Waals surface area contributed by atoms with Crippen LogP contribution in [0, 0.1) is 0 Å². The van der Waals surface area contributed by atoms with Crippen molar-refractivity contribution in [2.75, 3.05) is 50.4 Å². The molecular weight excluding hydrogens is 459 g/mol. The van der Waals surface area contributed by atoms with Crippen LogP contribution in [0.25, 0.3) is 5.70 Å². The van der Waals surface area contributed by atoms with Crippen LogP contribution in [0.4, 0.5) is 10.1 Å². The van der Waals surface area contributed by atoms with Gasteiger partial charge in [0.05, 0.1) is 29.0 Å².